The van der Waals surface area contributed by atoms with E-state index in [2.05, 4.69) is 16.4 Å². The zero-order chi connectivity index (χ0) is 12.8. The molecule has 0 aromatic rings. The summed E-state index contributed by atoms with van der Waals surface area (Å²) >= 11 is 0. The van der Waals surface area contributed by atoms with E-state index in [-0.39, 0.29) is 18.5 Å². The van der Waals surface area contributed by atoms with Crippen LogP contribution in [0.1, 0.15) is 33.6 Å². The lowest BCUT2D eigenvalue weighted by Crippen LogP contribution is -2.12. The van der Waals surface area contributed by atoms with Crippen molar-refractivity contribution in [1.29, 1.82) is 0 Å². The van der Waals surface area contributed by atoms with Crippen LogP contribution in [0.5, 0.6) is 0 Å². The van der Waals surface area contributed by atoms with Crippen molar-refractivity contribution in [3.63, 3.8) is 0 Å². The Morgan fingerprint density at radius 2 is 1.75 bits per heavy atom. The van der Waals surface area contributed by atoms with E-state index < -0.39 is 0 Å². The molecular formula is C11H22O5. The second-order valence-electron chi connectivity index (χ2n) is 2.91. The molecule has 0 fully saturated rings. The summed E-state index contributed by atoms with van der Waals surface area (Å²) in [6, 6.07) is 0. The number of methoxy groups -OCH3 is 1. The quantitative estimate of drug-likeness (QED) is 0.515. The lowest BCUT2D eigenvalue weighted by atomic mass is 10.4. The Morgan fingerprint density at radius 3 is 2.12 bits per heavy atom. The van der Waals surface area contributed by atoms with Crippen molar-refractivity contribution >= 4 is 11.9 Å². The molecule has 0 saturated carbocycles. The summed E-state index contributed by atoms with van der Waals surface area (Å²) in [5.41, 5.74) is 0. The van der Waals surface area contributed by atoms with Crippen molar-refractivity contribution in [2.24, 2.45) is 0 Å². The summed E-state index contributed by atoms with van der Waals surface area (Å²) in [6.45, 7) is 6.39. The van der Waals surface area contributed by atoms with Crippen molar-refractivity contribution in [2.75, 3.05) is 26.9 Å². The molecule has 0 aromatic heterocycles. The van der Waals surface area contributed by atoms with E-state index in [4.69, 9.17) is 4.74 Å². The summed E-state index contributed by atoms with van der Waals surface area (Å²) in [6.07, 6.45) is 2.09. The molecular weight excluding hydrogens is 212 g/mol. The third-order valence-corrected chi connectivity index (χ3v) is 1.45. The lowest BCUT2D eigenvalue weighted by Gasteiger charge is -2.02. The van der Waals surface area contributed by atoms with E-state index in [1.165, 1.54) is 14.0 Å². The molecule has 0 N–H and O–H groups in total. The predicted molar refractivity (Wildman–Crippen MR) is 60.1 cm³/mol. The standard InChI is InChI=1S/C8H16O3.C3H6O2/c1-3-5-6-10-7-8(9)11-4-2;1-3(4)5-2/h3-7H2,1-2H3;1-2H3. The molecule has 0 amide bonds. The Hall–Kier alpha value is -1.10. The highest BCUT2D eigenvalue weighted by atomic mass is 16.6. The van der Waals surface area contributed by atoms with Crippen molar-refractivity contribution in [3.05, 3.63) is 0 Å². The van der Waals surface area contributed by atoms with E-state index in [9.17, 15) is 9.59 Å². The average Bonchev–Trinajstić information content (AvgIpc) is 2.26. The summed E-state index contributed by atoms with van der Waals surface area (Å²) in [7, 11) is 1.35. The highest BCUT2D eigenvalue weighted by Gasteiger charge is 1.99. The second kappa shape index (κ2) is 13.9. The van der Waals surface area contributed by atoms with Crippen LogP contribution in [-0.4, -0.2) is 38.9 Å². The minimum atomic E-state index is -0.274. The molecule has 0 aromatic carbocycles. The van der Waals surface area contributed by atoms with Crippen LogP contribution in [0, 0.1) is 0 Å². The van der Waals surface area contributed by atoms with E-state index in [1.807, 2.05) is 0 Å². The van der Waals surface area contributed by atoms with E-state index >= 15 is 0 Å². The molecule has 96 valence electrons. The van der Waals surface area contributed by atoms with Gasteiger partial charge < -0.3 is 14.2 Å². The fourth-order valence-corrected chi connectivity index (χ4v) is 0.605. The SMILES string of the molecule is CCCCOCC(=O)OCC.COC(C)=O. The molecule has 0 unspecified atom stereocenters. The zero-order valence-electron chi connectivity index (χ0n) is 10.6. The van der Waals surface area contributed by atoms with Gasteiger partial charge in [0, 0.05) is 13.5 Å². The molecule has 0 aliphatic carbocycles. The van der Waals surface area contributed by atoms with Crippen molar-refractivity contribution in [2.45, 2.75) is 33.6 Å². The van der Waals surface area contributed by atoms with Crippen LogP contribution < -0.4 is 0 Å². The molecule has 16 heavy (non-hydrogen) atoms. The minimum Gasteiger partial charge on any atom is -0.469 e. The van der Waals surface area contributed by atoms with Gasteiger partial charge in [0.05, 0.1) is 13.7 Å². The maximum atomic E-state index is 10.7. The highest BCUT2D eigenvalue weighted by Crippen LogP contribution is 1.88. The topological polar surface area (TPSA) is 61.8 Å². The summed E-state index contributed by atoms with van der Waals surface area (Å²) < 4.78 is 13.8. The number of hydrogen-bond donors (Lipinski definition) is 0. The monoisotopic (exact) mass is 234 g/mol. The van der Waals surface area contributed by atoms with Gasteiger partial charge in [-0.3, -0.25) is 4.79 Å². The number of hydrogen-bond acceptors (Lipinski definition) is 5. The van der Waals surface area contributed by atoms with Gasteiger partial charge in [-0.2, -0.15) is 0 Å². The highest BCUT2D eigenvalue weighted by molar-refractivity contribution is 5.70. The first-order valence-corrected chi connectivity index (χ1v) is 5.36. The summed E-state index contributed by atoms with van der Waals surface area (Å²) in [5, 5.41) is 0. The number of rotatable bonds is 6. The zero-order valence-corrected chi connectivity index (χ0v) is 10.6. The largest absolute Gasteiger partial charge is 0.469 e. The first kappa shape index (κ1) is 17.3. The number of esters is 2. The number of carbonyl (C=O) groups is 2. The molecule has 0 aliphatic heterocycles. The molecule has 5 nitrogen and oxygen atoms in total. The first-order chi connectivity index (χ1) is 7.58. The molecule has 0 rings (SSSR count). The van der Waals surface area contributed by atoms with Gasteiger partial charge in [0.15, 0.2) is 0 Å². The summed E-state index contributed by atoms with van der Waals surface area (Å²) in [5.74, 6) is -0.520. The predicted octanol–water partition coefficient (Wildman–Crippen LogP) is 1.55. The van der Waals surface area contributed by atoms with Gasteiger partial charge in [-0.1, -0.05) is 13.3 Å². The van der Waals surface area contributed by atoms with Crippen LogP contribution in [0.15, 0.2) is 0 Å². The van der Waals surface area contributed by atoms with Crippen LogP contribution in [0.25, 0.3) is 0 Å². The van der Waals surface area contributed by atoms with Crippen LogP contribution in [0.4, 0.5) is 0 Å². The molecule has 0 radical (unpaired) electrons. The van der Waals surface area contributed by atoms with Crippen LogP contribution >= 0.6 is 0 Å². The van der Waals surface area contributed by atoms with Gasteiger partial charge >= 0.3 is 11.9 Å². The maximum Gasteiger partial charge on any atom is 0.332 e. The Kier molecular flexibility index (Phi) is 15.0. The molecule has 0 bridgehead atoms. The molecule has 0 atom stereocenters. The Balaban J connectivity index is 0. The van der Waals surface area contributed by atoms with Gasteiger partial charge in [0.1, 0.15) is 6.61 Å². The number of ether oxygens (including phenoxy) is 3. The molecule has 0 saturated heterocycles. The van der Waals surface area contributed by atoms with Crippen LogP contribution in [0.3, 0.4) is 0 Å². The maximum absolute atomic E-state index is 10.7. The first-order valence-electron chi connectivity index (χ1n) is 5.36. The molecule has 0 aliphatic rings. The fourth-order valence-electron chi connectivity index (χ4n) is 0.605. The van der Waals surface area contributed by atoms with Gasteiger partial charge in [-0.25, -0.2) is 4.79 Å². The van der Waals surface area contributed by atoms with Crippen LogP contribution in [-0.2, 0) is 23.8 Å². The van der Waals surface area contributed by atoms with Gasteiger partial charge in [0.25, 0.3) is 0 Å². The van der Waals surface area contributed by atoms with Gasteiger partial charge in [-0.15, -0.1) is 0 Å². The van der Waals surface area contributed by atoms with Crippen molar-refractivity contribution in [3.8, 4) is 0 Å². The molecule has 0 spiro atoms. The average molecular weight is 234 g/mol. The molecule has 0 heterocycles. The molecule has 5 heteroatoms. The summed E-state index contributed by atoms with van der Waals surface area (Å²) in [4.78, 5) is 20.2. The Morgan fingerprint density at radius 1 is 1.19 bits per heavy atom. The third kappa shape index (κ3) is 18.6. The van der Waals surface area contributed by atoms with Crippen LogP contribution in [0.2, 0.25) is 0 Å². The lowest BCUT2D eigenvalue weighted by molar-refractivity contribution is -0.148. The van der Waals surface area contributed by atoms with Crippen molar-refractivity contribution < 1.29 is 23.8 Å². The third-order valence-electron chi connectivity index (χ3n) is 1.45. The van der Waals surface area contributed by atoms with Gasteiger partial charge in [0.2, 0.25) is 0 Å². The van der Waals surface area contributed by atoms with E-state index in [1.54, 1.807) is 6.92 Å². The fraction of sp³-hybridized carbons (Fsp3) is 0.818. The number of carbonyl (C=O) groups excluding carboxylic acids is 2. The Labute approximate surface area is 97.1 Å². The van der Waals surface area contributed by atoms with E-state index in [0.717, 1.165) is 12.8 Å². The van der Waals surface area contributed by atoms with E-state index in [0.29, 0.717) is 13.2 Å². The van der Waals surface area contributed by atoms with Gasteiger partial charge in [-0.05, 0) is 13.3 Å². The van der Waals surface area contributed by atoms with Crippen molar-refractivity contribution in [1.82, 2.24) is 0 Å². The number of unbranched alkanes of at least 4 members (excludes halogenated alkanes) is 1. The smallest absolute Gasteiger partial charge is 0.332 e. The normalized spacial score (nSPS) is 8.75. The Bertz CT molecular complexity index is 179. The minimum absolute atomic E-state index is 0.0911. The second-order valence-corrected chi connectivity index (χ2v) is 2.91.